The summed E-state index contributed by atoms with van der Waals surface area (Å²) in [6.45, 7) is 1.85. The predicted octanol–water partition coefficient (Wildman–Crippen LogP) is 0.655. The molecule has 0 heterocycles. The highest BCUT2D eigenvalue weighted by Crippen LogP contribution is 2.19. The Labute approximate surface area is 82.0 Å². The summed E-state index contributed by atoms with van der Waals surface area (Å²) in [6, 6.07) is 4.12. The van der Waals surface area contributed by atoms with Gasteiger partial charge >= 0.3 is 5.97 Å². The molecule has 4 N–H and O–H groups in total. The molecule has 0 saturated carbocycles. The summed E-state index contributed by atoms with van der Waals surface area (Å²) in [4.78, 5) is 10.5. The molecule has 0 aliphatic rings. The third-order valence-electron chi connectivity index (χ3n) is 2.00. The van der Waals surface area contributed by atoms with Crippen molar-refractivity contribution >= 4 is 5.97 Å². The molecule has 76 valence electrons. The van der Waals surface area contributed by atoms with Crippen molar-refractivity contribution in [2.24, 2.45) is 5.73 Å². The second kappa shape index (κ2) is 4.11. The molecule has 1 atom stereocenters. The van der Waals surface area contributed by atoms with E-state index in [1.807, 2.05) is 13.0 Å². The van der Waals surface area contributed by atoms with Crippen molar-refractivity contribution in [1.82, 2.24) is 0 Å². The van der Waals surface area contributed by atoms with E-state index in [4.69, 9.17) is 10.8 Å². The minimum absolute atomic E-state index is 0.0988. The number of hydrogen-bond donors (Lipinski definition) is 3. The van der Waals surface area contributed by atoms with Crippen LogP contribution in [-0.2, 0) is 11.2 Å². The summed E-state index contributed by atoms with van der Waals surface area (Å²) in [5.41, 5.74) is 6.83. The number of aryl methyl sites for hydroxylation is 1. The second-order valence-corrected chi connectivity index (χ2v) is 3.28. The average molecular weight is 195 g/mol. The van der Waals surface area contributed by atoms with E-state index in [0.29, 0.717) is 5.56 Å². The van der Waals surface area contributed by atoms with E-state index in [2.05, 4.69) is 0 Å². The van der Waals surface area contributed by atoms with Gasteiger partial charge in [0.05, 0.1) is 0 Å². The van der Waals surface area contributed by atoms with Crippen LogP contribution in [-0.4, -0.2) is 22.2 Å². The lowest BCUT2D eigenvalue weighted by Crippen LogP contribution is -2.32. The second-order valence-electron chi connectivity index (χ2n) is 3.28. The molecular formula is C10H13NO3. The van der Waals surface area contributed by atoms with Gasteiger partial charge in [-0.1, -0.05) is 12.1 Å². The minimum atomic E-state index is -1.06. The number of carboxylic acid groups (broad SMARTS) is 1. The number of carbonyl (C=O) groups is 1. The molecular weight excluding hydrogens is 182 g/mol. The molecule has 0 aliphatic heterocycles. The standard InChI is InChI=1S/C10H13NO3/c1-6-2-3-7(9(12)4-6)5-8(11)10(13)14/h2-4,8,12H,5,11H2,1H3,(H,13,14)/t8-/m0/s1. The molecule has 0 aliphatic carbocycles. The molecule has 0 amide bonds. The topological polar surface area (TPSA) is 83.6 Å². The van der Waals surface area contributed by atoms with Crippen molar-refractivity contribution in [3.63, 3.8) is 0 Å². The van der Waals surface area contributed by atoms with Crippen molar-refractivity contribution < 1.29 is 15.0 Å². The Morgan fingerprint density at radius 3 is 2.71 bits per heavy atom. The largest absolute Gasteiger partial charge is 0.508 e. The fourth-order valence-electron chi connectivity index (χ4n) is 1.17. The molecule has 0 bridgehead atoms. The zero-order valence-electron chi connectivity index (χ0n) is 7.90. The maximum atomic E-state index is 10.5. The maximum Gasteiger partial charge on any atom is 0.320 e. The van der Waals surface area contributed by atoms with Gasteiger partial charge in [0.2, 0.25) is 0 Å². The van der Waals surface area contributed by atoms with E-state index in [0.717, 1.165) is 5.56 Å². The summed E-state index contributed by atoms with van der Waals surface area (Å²) < 4.78 is 0. The van der Waals surface area contributed by atoms with Crippen LogP contribution in [0.15, 0.2) is 18.2 Å². The van der Waals surface area contributed by atoms with E-state index >= 15 is 0 Å². The first-order valence-corrected chi connectivity index (χ1v) is 4.27. The number of nitrogens with two attached hydrogens (primary N) is 1. The van der Waals surface area contributed by atoms with Crippen LogP contribution in [0.2, 0.25) is 0 Å². The monoisotopic (exact) mass is 195 g/mol. The molecule has 0 radical (unpaired) electrons. The lowest BCUT2D eigenvalue weighted by Gasteiger charge is -2.08. The van der Waals surface area contributed by atoms with Crippen LogP contribution < -0.4 is 5.73 Å². The SMILES string of the molecule is Cc1ccc(C[C@H](N)C(=O)O)c(O)c1. The van der Waals surface area contributed by atoms with Crippen LogP contribution in [0.5, 0.6) is 5.75 Å². The number of aromatic hydroxyl groups is 1. The molecule has 4 nitrogen and oxygen atoms in total. The van der Waals surface area contributed by atoms with Crippen LogP contribution in [0.1, 0.15) is 11.1 Å². The highest BCUT2D eigenvalue weighted by molar-refractivity contribution is 5.73. The molecule has 1 aromatic carbocycles. The molecule has 0 saturated heterocycles. The first-order chi connectivity index (χ1) is 6.50. The van der Waals surface area contributed by atoms with Crippen LogP contribution in [0.3, 0.4) is 0 Å². The Kier molecular flexibility index (Phi) is 3.09. The Balaban J connectivity index is 2.82. The van der Waals surface area contributed by atoms with Crippen LogP contribution in [0.4, 0.5) is 0 Å². The molecule has 1 aromatic rings. The highest BCUT2D eigenvalue weighted by atomic mass is 16.4. The molecule has 0 fully saturated rings. The minimum Gasteiger partial charge on any atom is -0.508 e. The van der Waals surface area contributed by atoms with Gasteiger partial charge in [0.25, 0.3) is 0 Å². The van der Waals surface area contributed by atoms with Gasteiger partial charge in [-0.2, -0.15) is 0 Å². The van der Waals surface area contributed by atoms with Crippen molar-refractivity contribution in [2.75, 3.05) is 0 Å². The average Bonchev–Trinajstić information content (AvgIpc) is 2.09. The van der Waals surface area contributed by atoms with Gasteiger partial charge in [-0.25, -0.2) is 0 Å². The van der Waals surface area contributed by atoms with Gasteiger partial charge < -0.3 is 15.9 Å². The molecule has 1 rings (SSSR count). The lowest BCUT2D eigenvalue weighted by molar-refractivity contribution is -0.138. The fraction of sp³-hybridized carbons (Fsp3) is 0.300. The van der Waals surface area contributed by atoms with Crippen molar-refractivity contribution in [3.05, 3.63) is 29.3 Å². The molecule has 0 unspecified atom stereocenters. The zero-order valence-corrected chi connectivity index (χ0v) is 7.90. The summed E-state index contributed by atoms with van der Waals surface area (Å²) in [7, 11) is 0. The van der Waals surface area contributed by atoms with Gasteiger partial charge in [0, 0.05) is 6.42 Å². The van der Waals surface area contributed by atoms with Gasteiger partial charge in [0.15, 0.2) is 0 Å². The van der Waals surface area contributed by atoms with Crippen molar-refractivity contribution in [1.29, 1.82) is 0 Å². The van der Waals surface area contributed by atoms with E-state index in [1.165, 1.54) is 0 Å². The highest BCUT2D eigenvalue weighted by Gasteiger charge is 2.14. The first-order valence-electron chi connectivity index (χ1n) is 4.27. The van der Waals surface area contributed by atoms with Crippen molar-refractivity contribution in [3.8, 4) is 5.75 Å². The van der Waals surface area contributed by atoms with Crippen LogP contribution in [0.25, 0.3) is 0 Å². The lowest BCUT2D eigenvalue weighted by atomic mass is 10.0. The number of rotatable bonds is 3. The zero-order chi connectivity index (χ0) is 10.7. The molecule has 0 spiro atoms. The Hall–Kier alpha value is -1.55. The number of aliphatic carboxylic acids is 1. The number of hydrogen-bond acceptors (Lipinski definition) is 3. The van der Waals surface area contributed by atoms with Crippen LogP contribution >= 0.6 is 0 Å². The fourth-order valence-corrected chi connectivity index (χ4v) is 1.17. The Bertz CT molecular complexity index is 349. The molecule has 14 heavy (non-hydrogen) atoms. The molecule has 0 aromatic heterocycles. The third-order valence-corrected chi connectivity index (χ3v) is 2.00. The van der Waals surface area contributed by atoms with Gasteiger partial charge in [0.1, 0.15) is 11.8 Å². The number of carboxylic acids is 1. The van der Waals surface area contributed by atoms with E-state index in [-0.39, 0.29) is 12.2 Å². The van der Waals surface area contributed by atoms with Crippen molar-refractivity contribution in [2.45, 2.75) is 19.4 Å². The van der Waals surface area contributed by atoms with Gasteiger partial charge in [-0.15, -0.1) is 0 Å². The molecule has 4 heteroatoms. The van der Waals surface area contributed by atoms with E-state index in [1.54, 1.807) is 12.1 Å². The normalized spacial score (nSPS) is 12.4. The first kappa shape index (κ1) is 10.5. The summed E-state index contributed by atoms with van der Waals surface area (Å²) in [5, 5.41) is 18.1. The predicted molar refractivity (Wildman–Crippen MR) is 52.2 cm³/mol. The third kappa shape index (κ3) is 2.47. The Morgan fingerprint density at radius 1 is 1.57 bits per heavy atom. The van der Waals surface area contributed by atoms with E-state index in [9.17, 15) is 9.90 Å². The number of phenols is 1. The van der Waals surface area contributed by atoms with Crippen LogP contribution in [0, 0.1) is 6.92 Å². The smallest absolute Gasteiger partial charge is 0.320 e. The summed E-state index contributed by atoms with van der Waals surface area (Å²) >= 11 is 0. The quantitative estimate of drug-likeness (QED) is 0.661. The van der Waals surface area contributed by atoms with E-state index < -0.39 is 12.0 Å². The summed E-state index contributed by atoms with van der Waals surface area (Å²) in [6.07, 6.45) is 0.140. The van der Waals surface area contributed by atoms with Gasteiger partial charge in [-0.3, -0.25) is 4.79 Å². The summed E-state index contributed by atoms with van der Waals surface area (Å²) in [5.74, 6) is -0.966. The maximum absolute atomic E-state index is 10.5. The van der Waals surface area contributed by atoms with Gasteiger partial charge in [-0.05, 0) is 24.1 Å². The number of phenolic OH excluding ortho intramolecular Hbond substituents is 1. The number of benzene rings is 1. The Morgan fingerprint density at radius 2 is 2.21 bits per heavy atom.